The van der Waals surface area contributed by atoms with Crippen molar-refractivity contribution in [3.8, 4) is 0 Å². The van der Waals surface area contributed by atoms with Crippen molar-refractivity contribution in [3.05, 3.63) is 28.8 Å². The topological polar surface area (TPSA) is 45.1 Å². The number of ether oxygens (including phenoxy) is 1. The molecular weight excluding hydrogens is 240 g/mol. The second-order valence-electron chi connectivity index (χ2n) is 5.30. The van der Waals surface area contributed by atoms with Crippen molar-refractivity contribution >= 4 is 12.0 Å². The first-order valence-corrected chi connectivity index (χ1v) is 6.62. The maximum Gasteiger partial charge on any atom is 0.136 e. The fraction of sp³-hybridized carbons (Fsp3) is 0.533. The molecule has 1 aromatic rings. The van der Waals surface area contributed by atoms with Crippen LogP contribution in [0, 0.1) is 13.8 Å². The van der Waals surface area contributed by atoms with Crippen LogP contribution in [0.5, 0.6) is 0 Å². The number of aliphatic hydroxyl groups is 1. The average Bonchev–Trinajstić information content (AvgIpc) is 2.36. The highest BCUT2D eigenvalue weighted by Gasteiger charge is 2.39. The fourth-order valence-corrected chi connectivity index (χ4v) is 2.13. The van der Waals surface area contributed by atoms with Crippen LogP contribution in [0.4, 0.5) is 5.69 Å². The van der Waals surface area contributed by atoms with Gasteiger partial charge in [-0.1, -0.05) is 6.07 Å². The van der Waals surface area contributed by atoms with Crippen LogP contribution >= 0.6 is 0 Å². The van der Waals surface area contributed by atoms with Crippen LogP contribution in [-0.2, 0) is 10.3 Å². The molecule has 0 spiro atoms. The Bertz CT molecular complexity index is 493. The Morgan fingerprint density at radius 1 is 1.37 bits per heavy atom. The summed E-state index contributed by atoms with van der Waals surface area (Å²) in [5, 5.41) is 10.4. The zero-order valence-corrected chi connectivity index (χ0v) is 12.1. The molecular formula is C15H22N2O2. The van der Waals surface area contributed by atoms with E-state index in [0.717, 1.165) is 28.9 Å². The Labute approximate surface area is 114 Å². The molecule has 0 atom stereocenters. The molecule has 1 aliphatic heterocycles. The third-order valence-electron chi connectivity index (χ3n) is 3.62. The van der Waals surface area contributed by atoms with Gasteiger partial charge in [-0.2, -0.15) is 0 Å². The molecule has 0 bridgehead atoms. The van der Waals surface area contributed by atoms with E-state index in [1.165, 1.54) is 0 Å². The fourth-order valence-electron chi connectivity index (χ4n) is 2.13. The van der Waals surface area contributed by atoms with E-state index in [-0.39, 0.29) is 0 Å². The van der Waals surface area contributed by atoms with Crippen molar-refractivity contribution in [2.24, 2.45) is 4.99 Å². The first kappa shape index (κ1) is 14.0. The Hall–Kier alpha value is -1.39. The van der Waals surface area contributed by atoms with Crippen molar-refractivity contribution < 1.29 is 9.84 Å². The molecule has 1 fully saturated rings. The van der Waals surface area contributed by atoms with Crippen LogP contribution in [0.25, 0.3) is 0 Å². The standard InChI is InChI=1S/C15H22N2O2/c1-5-17(4)10-16-14-7-11(2)13(6-12(14)3)15(18)8-19-9-15/h6-7,10,18H,5,8-9H2,1-4H3. The minimum atomic E-state index is -0.808. The molecule has 1 aliphatic rings. The van der Waals surface area contributed by atoms with E-state index in [0.29, 0.717) is 13.2 Å². The SMILES string of the molecule is CCN(C)C=Nc1cc(C)c(C2(O)COC2)cc1C. The van der Waals surface area contributed by atoms with Gasteiger partial charge in [-0.25, -0.2) is 4.99 Å². The molecule has 4 heteroatoms. The van der Waals surface area contributed by atoms with Gasteiger partial charge in [-0.15, -0.1) is 0 Å². The maximum atomic E-state index is 10.4. The minimum absolute atomic E-state index is 0.383. The minimum Gasteiger partial charge on any atom is -0.380 e. The van der Waals surface area contributed by atoms with Crippen LogP contribution in [0.3, 0.4) is 0 Å². The number of aliphatic imine (C=N–C) groups is 1. The lowest BCUT2D eigenvalue weighted by Gasteiger charge is -2.38. The van der Waals surface area contributed by atoms with Crippen LogP contribution in [-0.4, -0.2) is 43.2 Å². The quantitative estimate of drug-likeness (QED) is 0.668. The predicted molar refractivity (Wildman–Crippen MR) is 77.1 cm³/mol. The Balaban J connectivity index is 2.29. The van der Waals surface area contributed by atoms with Crippen molar-refractivity contribution in [1.29, 1.82) is 0 Å². The molecule has 1 saturated heterocycles. The van der Waals surface area contributed by atoms with Gasteiger partial charge in [-0.3, -0.25) is 0 Å². The second-order valence-corrected chi connectivity index (χ2v) is 5.30. The van der Waals surface area contributed by atoms with Crippen LogP contribution < -0.4 is 0 Å². The lowest BCUT2D eigenvalue weighted by Crippen LogP contribution is -2.47. The molecule has 0 aliphatic carbocycles. The predicted octanol–water partition coefficient (Wildman–Crippen LogP) is 2.13. The molecule has 0 amide bonds. The maximum absolute atomic E-state index is 10.4. The van der Waals surface area contributed by atoms with Crippen molar-refractivity contribution in [2.45, 2.75) is 26.4 Å². The zero-order valence-electron chi connectivity index (χ0n) is 12.1. The molecule has 4 nitrogen and oxygen atoms in total. The molecule has 0 aromatic heterocycles. The number of hydrogen-bond acceptors (Lipinski definition) is 3. The monoisotopic (exact) mass is 262 g/mol. The van der Waals surface area contributed by atoms with Gasteiger partial charge in [0.15, 0.2) is 0 Å². The van der Waals surface area contributed by atoms with Gasteiger partial charge in [0.1, 0.15) is 5.60 Å². The average molecular weight is 262 g/mol. The molecule has 19 heavy (non-hydrogen) atoms. The highest BCUT2D eigenvalue weighted by molar-refractivity contribution is 5.64. The highest BCUT2D eigenvalue weighted by atomic mass is 16.5. The third-order valence-corrected chi connectivity index (χ3v) is 3.62. The normalized spacial score (nSPS) is 17.5. The number of nitrogens with zero attached hydrogens (tertiary/aromatic N) is 2. The van der Waals surface area contributed by atoms with E-state index in [2.05, 4.69) is 11.9 Å². The van der Waals surface area contributed by atoms with Crippen LogP contribution in [0.15, 0.2) is 17.1 Å². The van der Waals surface area contributed by atoms with Gasteiger partial charge in [-0.05, 0) is 43.5 Å². The Morgan fingerprint density at radius 2 is 2.05 bits per heavy atom. The number of benzene rings is 1. The van der Waals surface area contributed by atoms with E-state index >= 15 is 0 Å². The van der Waals surface area contributed by atoms with Gasteiger partial charge in [0.25, 0.3) is 0 Å². The molecule has 0 unspecified atom stereocenters. The summed E-state index contributed by atoms with van der Waals surface area (Å²) < 4.78 is 5.12. The van der Waals surface area contributed by atoms with Gasteiger partial charge < -0.3 is 14.7 Å². The van der Waals surface area contributed by atoms with Crippen molar-refractivity contribution in [3.63, 3.8) is 0 Å². The van der Waals surface area contributed by atoms with Gasteiger partial charge in [0.2, 0.25) is 0 Å². The van der Waals surface area contributed by atoms with Gasteiger partial charge in [0, 0.05) is 13.6 Å². The highest BCUT2D eigenvalue weighted by Crippen LogP contribution is 2.34. The first-order valence-electron chi connectivity index (χ1n) is 6.62. The molecule has 0 saturated carbocycles. The number of hydrogen-bond donors (Lipinski definition) is 1. The number of rotatable bonds is 4. The summed E-state index contributed by atoms with van der Waals surface area (Å²) in [5.74, 6) is 0. The van der Waals surface area contributed by atoms with Gasteiger partial charge >= 0.3 is 0 Å². The van der Waals surface area contributed by atoms with Crippen molar-refractivity contribution in [1.82, 2.24) is 4.90 Å². The van der Waals surface area contributed by atoms with E-state index in [9.17, 15) is 5.11 Å². The van der Waals surface area contributed by atoms with Crippen LogP contribution in [0.2, 0.25) is 0 Å². The van der Waals surface area contributed by atoms with E-state index in [1.807, 2.05) is 44.3 Å². The first-order chi connectivity index (χ1) is 8.96. The zero-order chi connectivity index (χ0) is 14.0. The summed E-state index contributed by atoms with van der Waals surface area (Å²) in [6, 6.07) is 4.05. The van der Waals surface area contributed by atoms with E-state index in [1.54, 1.807) is 0 Å². The summed E-state index contributed by atoms with van der Waals surface area (Å²) >= 11 is 0. The second kappa shape index (κ2) is 5.31. The van der Waals surface area contributed by atoms with Crippen LogP contribution in [0.1, 0.15) is 23.6 Å². The van der Waals surface area contributed by atoms with E-state index < -0.39 is 5.60 Å². The van der Waals surface area contributed by atoms with Crippen molar-refractivity contribution in [2.75, 3.05) is 26.8 Å². The molecule has 1 aromatic carbocycles. The smallest absolute Gasteiger partial charge is 0.136 e. The number of aryl methyl sites for hydroxylation is 2. The summed E-state index contributed by atoms with van der Waals surface area (Å²) in [6.07, 6.45) is 1.84. The Morgan fingerprint density at radius 3 is 2.58 bits per heavy atom. The summed E-state index contributed by atoms with van der Waals surface area (Å²) in [4.78, 5) is 6.52. The molecule has 104 valence electrons. The molecule has 0 radical (unpaired) electrons. The third kappa shape index (κ3) is 2.80. The summed E-state index contributed by atoms with van der Waals surface area (Å²) in [5.41, 5.74) is 3.23. The molecule has 1 N–H and O–H groups in total. The summed E-state index contributed by atoms with van der Waals surface area (Å²) in [7, 11) is 1.99. The van der Waals surface area contributed by atoms with E-state index in [4.69, 9.17) is 4.74 Å². The summed E-state index contributed by atoms with van der Waals surface area (Å²) in [6.45, 7) is 7.80. The Kier molecular flexibility index (Phi) is 3.92. The lowest BCUT2D eigenvalue weighted by atomic mass is 9.87. The largest absolute Gasteiger partial charge is 0.380 e. The molecule has 2 rings (SSSR count). The molecule has 1 heterocycles. The lowest BCUT2D eigenvalue weighted by molar-refractivity contribution is -0.184. The van der Waals surface area contributed by atoms with Gasteiger partial charge in [0.05, 0.1) is 25.2 Å².